The first-order chi connectivity index (χ1) is 15.0. The molecule has 1 aliphatic heterocycles. The Morgan fingerprint density at radius 3 is 2.87 bits per heavy atom. The van der Waals surface area contributed by atoms with Crippen LogP contribution in [0.2, 0.25) is 0 Å². The molecule has 1 amide bonds. The highest BCUT2D eigenvalue weighted by atomic mass is 19.1. The molecule has 0 saturated carbocycles. The summed E-state index contributed by atoms with van der Waals surface area (Å²) in [5.74, 6) is 1.08. The molecule has 1 unspecified atom stereocenters. The van der Waals surface area contributed by atoms with E-state index in [1.165, 1.54) is 12.1 Å². The van der Waals surface area contributed by atoms with Crippen LogP contribution in [0.1, 0.15) is 44.0 Å². The Bertz CT molecular complexity index is 1090. The van der Waals surface area contributed by atoms with E-state index < -0.39 is 0 Å². The van der Waals surface area contributed by atoms with Gasteiger partial charge in [-0.15, -0.1) is 0 Å². The highest BCUT2D eigenvalue weighted by Crippen LogP contribution is 2.29. The first kappa shape index (κ1) is 20.9. The summed E-state index contributed by atoms with van der Waals surface area (Å²) in [5, 5.41) is 3.20. The fourth-order valence-electron chi connectivity index (χ4n) is 3.87. The van der Waals surface area contributed by atoms with Crippen molar-refractivity contribution >= 4 is 17.4 Å². The molecule has 1 atom stereocenters. The van der Waals surface area contributed by atoms with Crippen LogP contribution < -0.4 is 5.32 Å². The minimum Gasteiger partial charge on any atom is -0.342 e. The fraction of sp³-hybridized carbons (Fsp3) is 0.333. The number of carbonyl (C=O) groups is 1. The van der Waals surface area contributed by atoms with Crippen molar-refractivity contribution in [1.29, 1.82) is 0 Å². The maximum Gasteiger partial charge on any atom is 0.219 e. The van der Waals surface area contributed by atoms with Gasteiger partial charge in [-0.2, -0.15) is 0 Å². The Morgan fingerprint density at radius 2 is 2.10 bits per heavy atom. The van der Waals surface area contributed by atoms with Crippen molar-refractivity contribution in [2.24, 2.45) is 0 Å². The van der Waals surface area contributed by atoms with Gasteiger partial charge in [-0.25, -0.2) is 14.4 Å². The van der Waals surface area contributed by atoms with Crippen molar-refractivity contribution in [3.63, 3.8) is 0 Å². The second-order valence-electron chi connectivity index (χ2n) is 7.87. The summed E-state index contributed by atoms with van der Waals surface area (Å²) >= 11 is 0. The van der Waals surface area contributed by atoms with E-state index in [0.717, 1.165) is 42.6 Å². The van der Waals surface area contributed by atoms with Crippen LogP contribution in [0.3, 0.4) is 0 Å². The van der Waals surface area contributed by atoms with E-state index in [4.69, 9.17) is 9.97 Å². The molecule has 3 heterocycles. The van der Waals surface area contributed by atoms with E-state index in [0.29, 0.717) is 23.9 Å². The maximum atomic E-state index is 13.7. The van der Waals surface area contributed by atoms with Gasteiger partial charge in [-0.1, -0.05) is 13.0 Å². The number of halogens is 1. The number of carbonyl (C=O) groups excluding carboxylic acids is 1. The zero-order valence-corrected chi connectivity index (χ0v) is 17.8. The first-order valence-corrected chi connectivity index (χ1v) is 10.6. The maximum absolute atomic E-state index is 13.7. The van der Waals surface area contributed by atoms with Gasteiger partial charge in [0.1, 0.15) is 17.5 Å². The second-order valence-corrected chi connectivity index (χ2v) is 7.87. The lowest BCUT2D eigenvalue weighted by Crippen LogP contribution is -2.38. The zero-order chi connectivity index (χ0) is 21.8. The van der Waals surface area contributed by atoms with E-state index in [2.05, 4.69) is 23.3 Å². The lowest BCUT2D eigenvalue weighted by Gasteiger charge is -2.31. The van der Waals surface area contributed by atoms with E-state index in [-0.39, 0.29) is 17.6 Å². The molecule has 160 valence electrons. The fourth-order valence-corrected chi connectivity index (χ4v) is 3.87. The predicted molar refractivity (Wildman–Crippen MR) is 119 cm³/mol. The van der Waals surface area contributed by atoms with Crippen LogP contribution in [-0.4, -0.2) is 38.8 Å². The molecule has 0 radical (unpaired) electrons. The number of nitrogens with zero attached hydrogens (tertiary/aromatic N) is 4. The smallest absolute Gasteiger partial charge is 0.219 e. The van der Waals surface area contributed by atoms with Crippen molar-refractivity contribution in [2.75, 3.05) is 18.4 Å². The topological polar surface area (TPSA) is 71.0 Å². The largest absolute Gasteiger partial charge is 0.342 e. The van der Waals surface area contributed by atoms with E-state index in [1.54, 1.807) is 25.3 Å². The quantitative estimate of drug-likeness (QED) is 0.649. The standard InChI is InChI=1S/C24H26FN5O/c1-3-17-10-19(14-26-13-17)22-12-23(27-21-8-4-7-20(25)11-21)29-24(28-22)18-6-5-9-30(15-18)16(2)31/h4,7-8,10-14,18H,3,5-6,9,15H2,1-2H3,(H,27,28,29). The Labute approximate surface area is 181 Å². The predicted octanol–water partition coefficient (Wildman–Crippen LogP) is 4.71. The molecule has 0 bridgehead atoms. The zero-order valence-electron chi connectivity index (χ0n) is 17.8. The molecular weight excluding hydrogens is 393 g/mol. The number of piperidine rings is 1. The highest BCUT2D eigenvalue weighted by molar-refractivity contribution is 5.73. The number of rotatable bonds is 5. The van der Waals surface area contributed by atoms with Gasteiger partial charge in [-0.05, 0) is 49.1 Å². The number of anilines is 2. The number of amides is 1. The van der Waals surface area contributed by atoms with Crippen molar-refractivity contribution in [1.82, 2.24) is 19.9 Å². The van der Waals surface area contributed by atoms with Crippen LogP contribution in [0, 0.1) is 5.82 Å². The van der Waals surface area contributed by atoms with Gasteiger partial charge >= 0.3 is 0 Å². The van der Waals surface area contributed by atoms with Crippen LogP contribution in [0.4, 0.5) is 15.9 Å². The van der Waals surface area contributed by atoms with Gasteiger partial charge in [0.15, 0.2) is 0 Å². The molecule has 1 N–H and O–H groups in total. The summed E-state index contributed by atoms with van der Waals surface area (Å²) in [6.45, 7) is 5.05. The molecule has 2 aromatic heterocycles. The molecular formula is C24H26FN5O. The summed E-state index contributed by atoms with van der Waals surface area (Å²) in [6.07, 6.45) is 6.35. The van der Waals surface area contributed by atoms with E-state index in [1.807, 2.05) is 17.2 Å². The summed E-state index contributed by atoms with van der Waals surface area (Å²) in [4.78, 5) is 27.7. The number of aromatic nitrogens is 3. The minimum absolute atomic E-state index is 0.0491. The molecule has 1 aromatic carbocycles. The molecule has 1 fully saturated rings. The monoisotopic (exact) mass is 419 g/mol. The lowest BCUT2D eigenvalue weighted by atomic mass is 9.96. The van der Waals surface area contributed by atoms with Gasteiger partial charge in [0.25, 0.3) is 0 Å². The van der Waals surface area contributed by atoms with Crippen molar-refractivity contribution in [2.45, 2.75) is 39.0 Å². The van der Waals surface area contributed by atoms with E-state index in [9.17, 15) is 9.18 Å². The summed E-state index contributed by atoms with van der Waals surface area (Å²) < 4.78 is 13.7. The highest BCUT2D eigenvalue weighted by Gasteiger charge is 2.26. The average molecular weight is 420 g/mol. The molecule has 6 nitrogen and oxygen atoms in total. The molecule has 7 heteroatoms. The Hall–Kier alpha value is -3.35. The van der Waals surface area contributed by atoms with Crippen LogP contribution >= 0.6 is 0 Å². The number of hydrogen-bond acceptors (Lipinski definition) is 5. The van der Waals surface area contributed by atoms with Crippen LogP contribution in [0.5, 0.6) is 0 Å². The third kappa shape index (κ3) is 5.05. The number of aryl methyl sites for hydroxylation is 1. The molecule has 1 saturated heterocycles. The van der Waals surface area contributed by atoms with E-state index >= 15 is 0 Å². The number of nitrogens with one attached hydrogen (secondary N) is 1. The summed E-state index contributed by atoms with van der Waals surface area (Å²) in [7, 11) is 0. The third-order valence-corrected chi connectivity index (χ3v) is 5.57. The molecule has 0 aliphatic carbocycles. The Kier molecular flexibility index (Phi) is 6.21. The minimum atomic E-state index is -0.316. The SMILES string of the molecule is CCc1cncc(-c2cc(Nc3cccc(F)c3)nc(C3CCCN(C(C)=O)C3)n2)c1. The van der Waals surface area contributed by atoms with Gasteiger partial charge < -0.3 is 10.2 Å². The number of likely N-dealkylation sites (tertiary alicyclic amines) is 1. The Balaban J connectivity index is 1.73. The van der Waals surface area contributed by atoms with Crippen molar-refractivity contribution in [3.8, 4) is 11.3 Å². The van der Waals surface area contributed by atoms with Crippen LogP contribution in [-0.2, 0) is 11.2 Å². The Morgan fingerprint density at radius 1 is 1.23 bits per heavy atom. The summed E-state index contributed by atoms with van der Waals surface area (Å²) in [6, 6.07) is 10.2. The third-order valence-electron chi connectivity index (χ3n) is 5.57. The number of hydrogen-bond donors (Lipinski definition) is 1. The molecule has 4 rings (SSSR count). The number of benzene rings is 1. The van der Waals surface area contributed by atoms with Gasteiger partial charge in [0.05, 0.1) is 5.69 Å². The average Bonchev–Trinajstić information content (AvgIpc) is 2.79. The first-order valence-electron chi connectivity index (χ1n) is 10.6. The lowest BCUT2D eigenvalue weighted by molar-refractivity contribution is -0.130. The van der Waals surface area contributed by atoms with Gasteiger partial charge in [0.2, 0.25) is 5.91 Å². The van der Waals surface area contributed by atoms with Crippen LogP contribution in [0.15, 0.2) is 48.8 Å². The number of pyridine rings is 1. The van der Waals surface area contributed by atoms with Gasteiger partial charge in [-0.3, -0.25) is 9.78 Å². The second kappa shape index (κ2) is 9.20. The normalized spacial score (nSPS) is 16.2. The van der Waals surface area contributed by atoms with Gasteiger partial charge in [0, 0.05) is 55.6 Å². The summed E-state index contributed by atoms with van der Waals surface area (Å²) in [5.41, 5.74) is 3.40. The molecule has 3 aromatic rings. The molecule has 0 spiro atoms. The molecule has 1 aliphatic rings. The molecule has 31 heavy (non-hydrogen) atoms. The van der Waals surface area contributed by atoms with Crippen molar-refractivity contribution in [3.05, 3.63) is 66.0 Å². The van der Waals surface area contributed by atoms with Crippen LogP contribution in [0.25, 0.3) is 11.3 Å². The van der Waals surface area contributed by atoms with Crippen molar-refractivity contribution < 1.29 is 9.18 Å².